The first kappa shape index (κ1) is 6.37. The van der Waals surface area contributed by atoms with Gasteiger partial charge in [0.25, 0.3) is 0 Å². The Labute approximate surface area is 63.3 Å². The van der Waals surface area contributed by atoms with Gasteiger partial charge in [-0.3, -0.25) is 0 Å². The summed E-state index contributed by atoms with van der Waals surface area (Å²) in [6, 6.07) is 5.51. The van der Waals surface area contributed by atoms with Crippen LogP contribution in [-0.4, -0.2) is 10.1 Å². The van der Waals surface area contributed by atoms with Crippen LogP contribution in [0.2, 0.25) is 0 Å². The zero-order valence-corrected chi connectivity index (χ0v) is 5.82. The van der Waals surface area contributed by atoms with Crippen LogP contribution in [0.3, 0.4) is 0 Å². The van der Waals surface area contributed by atoms with Crippen LogP contribution in [0.1, 0.15) is 5.76 Å². The van der Waals surface area contributed by atoms with E-state index in [2.05, 4.69) is 4.98 Å². The highest BCUT2D eigenvalue weighted by atomic mass is 16.4. The molecule has 0 unspecified atom stereocenters. The highest BCUT2D eigenvalue weighted by Crippen LogP contribution is 2.15. The number of hydrogen-bond acceptors (Lipinski definition) is 3. The van der Waals surface area contributed by atoms with Gasteiger partial charge in [-0.15, -0.1) is 0 Å². The van der Waals surface area contributed by atoms with E-state index < -0.39 is 0 Å². The van der Waals surface area contributed by atoms with E-state index in [4.69, 9.17) is 9.52 Å². The lowest BCUT2D eigenvalue weighted by atomic mass is 10.3. The van der Waals surface area contributed by atoms with Crippen molar-refractivity contribution in [2.45, 2.75) is 6.61 Å². The predicted molar refractivity (Wildman–Crippen MR) is 39.9 cm³/mol. The molecule has 3 heteroatoms. The third kappa shape index (κ3) is 0.991. The standard InChI is InChI=1S/C8H7NO2/c10-5-7-4-6-2-1-3-9-8(6)11-7/h1-4,10H,5H2. The second-order valence-corrected chi connectivity index (χ2v) is 2.27. The fourth-order valence-electron chi connectivity index (χ4n) is 1.00. The van der Waals surface area contributed by atoms with Crippen LogP contribution in [0, 0.1) is 0 Å². The summed E-state index contributed by atoms with van der Waals surface area (Å²) in [4.78, 5) is 3.97. The van der Waals surface area contributed by atoms with Crippen molar-refractivity contribution in [3.63, 3.8) is 0 Å². The van der Waals surface area contributed by atoms with Crippen LogP contribution in [0.4, 0.5) is 0 Å². The maximum atomic E-state index is 8.72. The van der Waals surface area contributed by atoms with Crippen molar-refractivity contribution in [2.24, 2.45) is 0 Å². The Balaban J connectivity index is 2.69. The summed E-state index contributed by atoms with van der Waals surface area (Å²) in [6.07, 6.45) is 1.66. The minimum absolute atomic E-state index is 0.0731. The Morgan fingerprint density at radius 1 is 1.55 bits per heavy atom. The van der Waals surface area contributed by atoms with Crippen LogP contribution in [0.5, 0.6) is 0 Å². The Bertz CT molecular complexity index is 334. The molecule has 0 saturated carbocycles. The number of fused-ring (bicyclic) bond motifs is 1. The first-order chi connectivity index (χ1) is 5.40. The van der Waals surface area contributed by atoms with E-state index in [9.17, 15) is 0 Å². The minimum atomic E-state index is -0.0731. The van der Waals surface area contributed by atoms with E-state index in [1.54, 1.807) is 12.3 Å². The molecule has 2 aromatic heterocycles. The maximum Gasteiger partial charge on any atom is 0.226 e. The Morgan fingerprint density at radius 3 is 3.18 bits per heavy atom. The van der Waals surface area contributed by atoms with Crippen molar-refractivity contribution in [1.82, 2.24) is 4.98 Å². The zero-order valence-electron chi connectivity index (χ0n) is 5.82. The van der Waals surface area contributed by atoms with E-state index >= 15 is 0 Å². The van der Waals surface area contributed by atoms with E-state index in [0.29, 0.717) is 11.5 Å². The molecule has 3 nitrogen and oxygen atoms in total. The molecule has 2 rings (SSSR count). The third-order valence-corrected chi connectivity index (χ3v) is 1.50. The normalized spacial score (nSPS) is 10.6. The molecular weight excluding hydrogens is 142 g/mol. The first-order valence-corrected chi connectivity index (χ1v) is 3.34. The summed E-state index contributed by atoms with van der Waals surface area (Å²) in [6.45, 7) is -0.0731. The van der Waals surface area contributed by atoms with Crippen molar-refractivity contribution < 1.29 is 9.52 Å². The molecule has 0 saturated heterocycles. The largest absolute Gasteiger partial charge is 0.440 e. The van der Waals surface area contributed by atoms with Gasteiger partial charge in [0.1, 0.15) is 12.4 Å². The van der Waals surface area contributed by atoms with Crippen LogP contribution < -0.4 is 0 Å². The van der Waals surface area contributed by atoms with E-state index in [1.807, 2.05) is 12.1 Å². The van der Waals surface area contributed by atoms with E-state index in [1.165, 1.54) is 0 Å². The highest BCUT2D eigenvalue weighted by molar-refractivity contribution is 5.73. The quantitative estimate of drug-likeness (QED) is 0.665. The van der Waals surface area contributed by atoms with Gasteiger partial charge >= 0.3 is 0 Å². The molecule has 0 spiro atoms. The summed E-state index contributed by atoms with van der Waals surface area (Å²) >= 11 is 0. The number of aliphatic hydroxyl groups excluding tert-OH is 1. The van der Waals surface area contributed by atoms with Crippen molar-refractivity contribution in [3.05, 3.63) is 30.2 Å². The Kier molecular flexibility index (Phi) is 1.36. The molecule has 0 aromatic carbocycles. The molecule has 0 radical (unpaired) electrons. The average Bonchev–Trinajstić information content (AvgIpc) is 2.46. The lowest BCUT2D eigenvalue weighted by molar-refractivity contribution is 0.250. The summed E-state index contributed by atoms with van der Waals surface area (Å²) in [5.41, 5.74) is 0.580. The van der Waals surface area contributed by atoms with Gasteiger partial charge in [-0.05, 0) is 18.2 Å². The lowest BCUT2D eigenvalue weighted by Crippen LogP contribution is -1.73. The minimum Gasteiger partial charge on any atom is -0.440 e. The number of rotatable bonds is 1. The molecule has 0 aliphatic rings. The van der Waals surface area contributed by atoms with Crippen molar-refractivity contribution in [1.29, 1.82) is 0 Å². The number of aliphatic hydroxyl groups is 1. The molecule has 0 fully saturated rings. The molecule has 0 atom stereocenters. The second kappa shape index (κ2) is 2.36. The summed E-state index contributed by atoms with van der Waals surface area (Å²) in [7, 11) is 0. The maximum absolute atomic E-state index is 8.72. The topological polar surface area (TPSA) is 46.3 Å². The molecule has 1 N–H and O–H groups in total. The molecule has 0 aliphatic carbocycles. The molecule has 56 valence electrons. The van der Waals surface area contributed by atoms with Crippen LogP contribution in [-0.2, 0) is 6.61 Å². The molecule has 2 heterocycles. The second-order valence-electron chi connectivity index (χ2n) is 2.27. The third-order valence-electron chi connectivity index (χ3n) is 1.50. The molecular formula is C8H7NO2. The van der Waals surface area contributed by atoms with E-state index in [-0.39, 0.29) is 6.61 Å². The van der Waals surface area contributed by atoms with Crippen molar-refractivity contribution in [2.75, 3.05) is 0 Å². The smallest absolute Gasteiger partial charge is 0.226 e. The fourth-order valence-corrected chi connectivity index (χ4v) is 1.00. The number of furan rings is 1. The Morgan fingerprint density at radius 2 is 2.45 bits per heavy atom. The van der Waals surface area contributed by atoms with Gasteiger partial charge in [0, 0.05) is 11.6 Å². The number of nitrogens with zero attached hydrogens (tertiary/aromatic N) is 1. The van der Waals surface area contributed by atoms with Gasteiger partial charge < -0.3 is 9.52 Å². The molecule has 11 heavy (non-hydrogen) atoms. The van der Waals surface area contributed by atoms with Gasteiger partial charge in [-0.2, -0.15) is 0 Å². The average molecular weight is 149 g/mol. The number of pyridine rings is 1. The molecule has 2 aromatic rings. The fraction of sp³-hybridized carbons (Fsp3) is 0.125. The highest BCUT2D eigenvalue weighted by Gasteiger charge is 2.00. The molecule has 0 bridgehead atoms. The summed E-state index contributed by atoms with van der Waals surface area (Å²) in [5, 5.41) is 9.64. The zero-order chi connectivity index (χ0) is 7.68. The number of hydrogen-bond donors (Lipinski definition) is 1. The first-order valence-electron chi connectivity index (χ1n) is 3.34. The van der Waals surface area contributed by atoms with Crippen molar-refractivity contribution >= 4 is 11.1 Å². The SMILES string of the molecule is OCc1cc2cccnc2o1. The summed E-state index contributed by atoms with van der Waals surface area (Å²) in [5.74, 6) is 0.554. The number of aromatic nitrogens is 1. The van der Waals surface area contributed by atoms with Gasteiger partial charge in [0.05, 0.1) is 0 Å². The van der Waals surface area contributed by atoms with Crippen LogP contribution >= 0.6 is 0 Å². The van der Waals surface area contributed by atoms with Gasteiger partial charge in [0.15, 0.2) is 0 Å². The van der Waals surface area contributed by atoms with Gasteiger partial charge in [0.2, 0.25) is 5.71 Å². The van der Waals surface area contributed by atoms with Crippen molar-refractivity contribution in [3.8, 4) is 0 Å². The Hall–Kier alpha value is -1.35. The lowest BCUT2D eigenvalue weighted by Gasteiger charge is -1.82. The van der Waals surface area contributed by atoms with Crippen LogP contribution in [0.25, 0.3) is 11.1 Å². The summed E-state index contributed by atoms with van der Waals surface area (Å²) < 4.78 is 5.16. The molecule has 0 aliphatic heterocycles. The predicted octanol–water partition coefficient (Wildman–Crippen LogP) is 1.32. The van der Waals surface area contributed by atoms with E-state index in [0.717, 1.165) is 5.39 Å². The molecule has 0 amide bonds. The van der Waals surface area contributed by atoms with Gasteiger partial charge in [-0.1, -0.05) is 0 Å². The monoisotopic (exact) mass is 149 g/mol. The van der Waals surface area contributed by atoms with Gasteiger partial charge in [-0.25, -0.2) is 4.98 Å². The van der Waals surface area contributed by atoms with Crippen LogP contribution in [0.15, 0.2) is 28.8 Å².